The van der Waals surface area contributed by atoms with Gasteiger partial charge in [0.05, 0.1) is 4.90 Å². The molecule has 0 aliphatic carbocycles. The molecular formula is C21H27N3O3S. The van der Waals surface area contributed by atoms with Crippen LogP contribution in [-0.4, -0.2) is 45.8 Å². The van der Waals surface area contributed by atoms with Gasteiger partial charge in [-0.25, -0.2) is 8.42 Å². The van der Waals surface area contributed by atoms with Crippen molar-refractivity contribution in [1.29, 1.82) is 0 Å². The lowest BCUT2D eigenvalue weighted by molar-refractivity contribution is 0.0951. The second-order valence-corrected chi connectivity index (χ2v) is 9.17. The molecule has 1 fully saturated rings. The highest BCUT2D eigenvalue weighted by Gasteiger charge is 2.25. The summed E-state index contributed by atoms with van der Waals surface area (Å²) in [6, 6.07) is 14.1. The van der Waals surface area contributed by atoms with E-state index in [0.717, 1.165) is 30.5 Å². The monoisotopic (exact) mass is 401 g/mol. The van der Waals surface area contributed by atoms with E-state index in [4.69, 9.17) is 0 Å². The van der Waals surface area contributed by atoms with Gasteiger partial charge in [0.15, 0.2) is 0 Å². The first-order valence-electron chi connectivity index (χ1n) is 9.52. The van der Waals surface area contributed by atoms with Crippen LogP contribution in [0.4, 0.5) is 5.69 Å². The molecule has 0 spiro atoms. The molecule has 0 unspecified atom stereocenters. The highest BCUT2D eigenvalue weighted by Crippen LogP contribution is 2.21. The molecule has 0 atom stereocenters. The Hall–Kier alpha value is -2.38. The first kappa shape index (κ1) is 20.4. The van der Waals surface area contributed by atoms with E-state index in [1.165, 1.54) is 0 Å². The molecule has 1 heterocycles. The van der Waals surface area contributed by atoms with Gasteiger partial charge in [-0.15, -0.1) is 0 Å². The molecule has 2 aromatic carbocycles. The number of carbonyl (C=O) groups excluding carboxylic acids is 1. The van der Waals surface area contributed by atoms with E-state index < -0.39 is 10.0 Å². The smallest absolute Gasteiger partial charge is 0.251 e. The van der Waals surface area contributed by atoms with E-state index in [2.05, 4.69) is 5.32 Å². The molecule has 0 radical (unpaired) electrons. The van der Waals surface area contributed by atoms with Gasteiger partial charge in [-0.2, -0.15) is 4.31 Å². The third kappa shape index (κ3) is 4.72. The van der Waals surface area contributed by atoms with E-state index in [9.17, 15) is 13.2 Å². The van der Waals surface area contributed by atoms with Crippen molar-refractivity contribution in [3.63, 3.8) is 0 Å². The minimum Gasteiger partial charge on any atom is -0.378 e. The van der Waals surface area contributed by atoms with Crippen LogP contribution in [0.25, 0.3) is 0 Å². The van der Waals surface area contributed by atoms with Crippen LogP contribution >= 0.6 is 0 Å². The van der Waals surface area contributed by atoms with Gasteiger partial charge in [-0.05, 0) is 54.8 Å². The zero-order chi connectivity index (χ0) is 20.1. The maximum Gasteiger partial charge on any atom is 0.251 e. The number of sulfonamides is 1. The van der Waals surface area contributed by atoms with Crippen LogP contribution < -0.4 is 10.2 Å². The Labute approximate surface area is 167 Å². The van der Waals surface area contributed by atoms with Gasteiger partial charge in [-0.3, -0.25) is 4.79 Å². The molecule has 1 aliphatic rings. The fourth-order valence-corrected chi connectivity index (χ4v) is 4.75. The molecule has 1 amide bonds. The molecule has 0 aromatic heterocycles. The van der Waals surface area contributed by atoms with E-state index in [0.29, 0.717) is 30.1 Å². The lowest BCUT2D eigenvalue weighted by Crippen LogP contribution is -2.35. The molecule has 0 saturated carbocycles. The molecule has 150 valence electrons. The molecule has 6 nitrogen and oxygen atoms in total. The van der Waals surface area contributed by atoms with Crippen LogP contribution in [0, 0.1) is 0 Å². The molecule has 7 heteroatoms. The Morgan fingerprint density at radius 2 is 1.57 bits per heavy atom. The summed E-state index contributed by atoms with van der Waals surface area (Å²) in [6.45, 7) is 1.53. The summed E-state index contributed by atoms with van der Waals surface area (Å²) in [5, 5.41) is 2.87. The molecule has 3 rings (SSSR count). The van der Waals surface area contributed by atoms with Crippen molar-refractivity contribution in [3.8, 4) is 0 Å². The minimum atomic E-state index is -3.42. The Kier molecular flexibility index (Phi) is 6.36. The largest absolute Gasteiger partial charge is 0.378 e. The quantitative estimate of drug-likeness (QED) is 0.808. The Bertz CT molecular complexity index is 901. The normalized spacial score (nSPS) is 15.2. The van der Waals surface area contributed by atoms with Gasteiger partial charge < -0.3 is 10.2 Å². The fourth-order valence-electron chi connectivity index (χ4n) is 3.23. The number of amides is 1. The van der Waals surface area contributed by atoms with Crippen LogP contribution in [-0.2, 0) is 16.6 Å². The van der Waals surface area contributed by atoms with E-state index in [1.807, 2.05) is 31.1 Å². The van der Waals surface area contributed by atoms with Crippen LogP contribution in [0.2, 0.25) is 0 Å². The van der Waals surface area contributed by atoms with Crippen LogP contribution in [0.15, 0.2) is 53.4 Å². The maximum absolute atomic E-state index is 12.7. The molecule has 1 aliphatic heterocycles. The number of hydrogen-bond acceptors (Lipinski definition) is 4. The van der Waals surface area contributed by atoms with Crippen molar-refractivity contribution < 1.29 is 13.2 Å². The minimum absolute atomic E-state index is 0.157. The lowest BCUT2D eigenvalue weighted by atomic mass is 10.1. The standard InChI is InChI=1S/C21H27N3O3S/c1-23(2)19-10-8-18(9-11-19)21(25)22-16-17-6-12-20(13-7-17)28(26,27)24-14-4-3-5-15-24/h6-13H,3-5,14-16H2,1-2H3,(H,22,25). The number of carbonyl (C=O) groups is 1. The van der Waals surface area contributed by atoms with Gasteiger partial charge in [0, 0.05) is 45.0 Å². The second-order valence-electron chi connectivity index (χ2n) is 7.23. The van der Waals surface area contributed by atoms with Gasteiger partial charge in [-0.1, -0.05) is 18.6 Å². The predicted molar refractivity (Wildman–Crippen MR) is 111 cm³/mol. The predicted octanol–water partition coefficient (Wildman–Crippen LogP) is 2.86. The number of anilines is 1. The average Bonchev–Trinajstić information content (AvgIpc) is 2.73. The number of piperidine rings is 1. The Balaban J connectivity index is 1.60. The van der Waals surface area contributed by atoms with Crippen molar-refractivity contribution in [2.24, 2.45) is 0 Å². The first-order valence-corrected chi connectivity index (χ1v) is 11.0. The summed E-state index contributed by atoms with van der Waals surface area (Å²) in [6.07, 6.45) is 2.92. The first-order chi connectivity index (χ1) is 13.4. The average molecular weight is 402 g/mol. The van der Waals surface area contributed by atoms with Gasteiger partial charge in [0.2, 0.25) is 10.0 Å². The van der Waals surface area contributed by atoms with E-state index >= 15 is 0 Å². The zero-order valence-electron chi connectivity index (χ0n) is 16.4. The zero-order valence-corrected chi connectivity index (χ0v) is 17.2. The maximum atomic E-state index is 12.7. The van der Waals surface area contributed by atoms with Crippen LogP contribution in [0.5, 0.6) is 0 Å². The summed E-state index contributed by atoms with van der Waals surface area (Å²) in [5.41, 5.74) is 2.48. The topological polar surface area (TPSA) is 69.7 Å². The van der Waals surface area contributed by atoms with Crippen LogP contribution in [0.1, 0.15) is 35.2 Å². The number of nitrogens with one attached hydrogen (secondary N) is 1. The number of rotatable bonds is 6. The molecular weight excluding hydrogens is 374 g/mol. The highest BCUT2D eigenvalue weighted by atomic mass is 32.2. The molecule has 1 N–H and O–H groups in total. The summed E-state index contributed by atoms with van der Waals surface area (Å²) in [5.74, 6) is -0.157. The highest BCUT2D eigenvalue weighted by molar-refractivity contribution is 7.89. The van der Waals surface area contributed by atoms with Crippen molar-refractivity contribution in [2.75, 3.05) is 32.1 Å². The summed E-state index contributed by atoms with van der Waals surface area (Å²) < 4.78 is 26.9. The number of nitrogens with zero attached hydrogens (tertiary/aromatic N) is 2. The van der Waals surface area contributed by atoms with Crippen molar-refractivity contribution in [1.82, 2.24) is 9.62 Å². The Morgan fingerprint density at radius 3 is 2.14 bits per heavy atom. The SMILES string of the molecule is CN(C)c1ccc(C(=O)NCc2ccc(S(=O)(=O)N3CCCCC3)cc2)cc1. The third-order valence-electron chi connectivity index (χ3n) is 4.98. The molecule has 28 heavy (non-hydrogen) atoms. The second kappa shape index (κ2) is 8.75. The van der Waals surface area contributed by atoms with Crippen molar-refractivity contribution in [3.05, 3.63) is 59.7 Å². The van der Waals surface area contributed by atoms with Crippen molar-refractivity contribution in [2.45, 2.75) is 30.7 Å². The molecule has 2 aromatic rings. The number of benzene rings is 2. The van der Waals surface area contributed by atoms with E-state index in [1.54, 1.807) is 40.7 Å². The number of hydrogen-bond donors (Lipinski definition) is 1. The molecule has 1 saturated heterocycles. The third-order valence-corrected chi connectivity index (χ3v) is 6.89. The van der Waals surface area contributed by atoms with Crippen LogP contribution in [0.3, 0.4) is 0 Å². The fraction of sp³-hybridized carbons (Fsp3) is 0.381. The van der Waals surface area contributed by atoms with Gasteiger partial charge in [0.25, 0.3) is 5.91 Å². The lowest BCUT2D eigenvalue weighted by Gasteiger charge is -2.25. The van der Waals surface area contributed by atoms with Crippen molar-refractivity contribution >= 4 is 21.6 Å². The van der Waals surface area contributed by atoms with Gasteiger partial charge in [0.1, 0.15) is 0 Å². The molecule has 0 bridgehead atoms. The van der Waals surface area contributed by atoms with E-state index in [-0.39, 0.29) is 5.91 Å². The Morgan fingerprint density at radius 1 is 0.964 bits per heavy atom. The summed E-state index contributed by atoms with van der Waals surface area (Å²) in [7, 11) is 0.475. The van der Waals surface area contributed by atoms with Gasteiger partial charge >= 0.3 is 0 Å². The summed E-state index contributed by atoms with van der Waals surface area (Å²) >= 11 is 0. The summed E-state index contributed by atoms with van der Waals surface area (Å²) in [4.78, 5) is 14.6.